The van der Waals surface area contributed by atoms with Gasteiger partial charge in [-0.25, -0.2) is 9.97 Å². The Labute approximate surface area is 171 Å². The number of aromatic nitrogens is 3. The minimum absolute atomic E-state index is 0.147. The van der Waals surface area contributed by atoms with E-state index in [1.165, 1.54) is 0 Å². The van der Waals surface area contributed by atoms with Crippen LogP contribution in [0.4, 0.5) is 5.69 Å². The van der Waals surface area contributed by atoms with Gasteiger partial charge in [0.2, 0.25) is 0 Å². The van der Waals surface area contributed by atoms with Crippen molar-refractivity contribution in [2.45, 2.75) is 32.6 Å². The topological polar surface area (TPSA) is 68.2 Å². The molecule has 0 N–H and O–H groups in total. The van der Waals surface area contributed by atoms with Crippen molar-refractivity contribution >= 4 is 11.6 Å². The fraction of sp³-hybridized carbons (Fsp3) is 0.304. The van der Waals surface area contributed by atoms with Crippen molar-refractivity contribution in [1.29, 1.82) is 0 Å². The van der Waals surface area contributed by atoms with E-state index in [4.69, 9.17) is 4.74 Å². The van der Waals surface area contributed by atoms with Crippen molar-refractivity contribution in [3.8, 4) is 5.75 Å². The summed E-state index contributed by atoms with van der Waals surface area (Å²) < 4.78 is 5.23. The normalized spacial score (nSPS) is 11.2. The fourth-order valence-electron chi connectivity index (χ4n) is 2.86. The van der Waals surface area contributed by atoms with E-state index in [1.807, 2.05) is 63.2 Å². The molecule has 29 heavy (non-hydrogen) atoms. The summed E-state index contributed by atoms with van der Waals surface area (Å²) in [6.45, 7) is 6.62. The molecule has 0 aliphatic rings. The lowest BCUT2D eigenvalue weighted by atomic mass is 9.96. The Kier molecular flexibility index (Phi) is 6.22. The van der Waals surface area contributed by atoms with Gasteiger partial charge in [0.15, 0.2) is 0 Å². The van der Waals surface area contributed by atoms with E-state index in [0.717, 1.165) is 17.1 Å². The second kappa shape index (κ2) is 8.82. The van der Waals surface area contributed by atoms with E-state index in [0.29, 0.717) is 24.4 Å². The zero-order valence-corrected chi connectivity index (χ0v) is 17.3. The third kappa shape index (κ3) is 5.16. The van der Waals surface area contributed by atoms with Crippen molar-refractivity contribution in [2.75, 3.05) is 18.6 Å². The van der Waals surface area contributed by atoms with Crippen molar-refractivity contribution < 1.29 is 9.53 Å². The number of methoxy groups -OCH3 is 1. The number of pyridine rings is 1. The van der Waals surface area contributed by atoms with Crippen LogP contribution < -0.4 is 9.64 Å². The highest BCUT2D eigenvalue weighted by atomic mass is 16.5. The molecule has 2 aromatic heterocycles. The van der Waals surface area contributed by atoms with Gasteiger partial charge < -0.3 is 9.64 Å². The van der Waals surface area contributed by atoms with Crippen LogP contribution in [0.15, 0.2) is 61.1 Å². The minimum Gasteiger partial charge on any atom is -0.497 e. The molecule has 0 saturated heterocycles. The molecule has 6 heteroatoms. The number of hydrogen-bond acceptors (Lipinski definition) is 5. The molecule has 0 radical (unpaired) electrons. The number of benzene rings is 1. The molecule has 3 rings (SSSR count). The molecule has 6 nitrogen and oxygen atoms in total. The summed E-state index contributed by atoms with van der Waals surface area (Å²) in [6.07, 6.45) is 5.61. The largest absolute Gasteiger partial charge is 0.497 e. The third-order valence-corrected chi connectivity index (χ3v) is 4.52. The SMILES string of the molecule is COc1ccc(N(CCc2ccccn2)C(=O)c2cnc(C(C)(C)C)nc2)cc1. The van der Waals surface area contributed by atoms with Gasteiger partial charge in [-0.1, -0.05) is 26.8 Å². The van der Waals surface area contributed by atoms with Crippen LogP contribution in [-0.4, -0.2) is 34.5 Å². The zero-order valence-electron chi connectivity index (χ0n) is 17.3. The van der Waals surface area contributed by atoms with E-state index in [1.54, 1.807) is 30.6 Å². The van der Waals surface area contributed by atoms with Crippen LogP contribution in [0.2, 0.25) is 0 Å². The number of anilines is 1. The Morgan fingerprint density at radius 1 is 1.00 bits per heavy atom. The van der Waals surface area contributed by atoms with Crippen LogP contribution in [0.5, 0.6) is 5.75 Å². The number of amides is 1. The summed E-state index contributed by atoms with van der Waals surface area (Å²) in [6, 6.07) is 13.2. The highest BCUT2D eigenvalue weighted by Crippen LogP contribution is 2.22. The van der Waals surface area contributed by atoms with Crippen molar-refractivity contribution in [3.05, 3.63) is 78.1 Å². The monoisotopic (exact) mass is 390 g/mol. The second-order valence-corrected chi connectivity index (χ2v) is 7.77. The number of rotatable bonds is 6. The lowest BCUT2D eigenvalue weighted by Gasteiger charge is -2.23. The molecule has 0 aliphatic carbocycles. The zero-order chi connectivity index (χ0) is 20.9. The minimum atomic E-state index is -0.170. The first kappa shape index (κ1) is 20.5. The fourth-order valence-corrected chi connectivity index (χ4v) is 2.86. The Morgan fingerprint density at radius 2 is 1.69 bits per heavy atom. The van der Waals surface area contributed by atoms with Gasteiger partial charge in [0.05, 0.1) is 12.7 Å². The predicted octanol–water partition coefficient (Wildman–Crippen LogP) is 4.07. The van der Waals surface area contributed by atoms with Gasteiger partial charge in [-0.05, 0) is 36.4 Å². The van der Waals surface area contributed by atoms with Crippen molar-refractivity contribution in [1.82, 2.24) is 15.0 Å². The van der Waals surface area contributed by atoms with E-state index in [2.05, 4.69) is 15.0 Å². The summed E-state index contributed by atoms with van der Waals surface area (Å²) in [7, 11) is 1.62. The van der Waals surface area contributed by atoms with Crippen LogP contribution in [0.1, 0.15) is 42.6 Å². The molecule has 0 atom stereocenters. The van der Waals surface area contributed by atoms with Gasteiger partial charge in [-0.2, -0.15) is 0 Å². The summed E-state index contributed by atoms with van der Waals surface area (Å²) in [4.78, 5) is 28.2. The highest BCUT2D eigenvalue weighted by molar-refractivity contribution is 6.05. The lowest BCUT2D eigenvalue weighted by molar-refractivity contribution is 0.0986. The van der Waals surface area contributed by atoms with E-state index in [9.17, 15) is 4.79 Å². The van der Waals surface area contributed by atoms with E-state index >= 15 is 0 Å². The maximum absolute atomic E-state index is 13.3. The van der Waals surface area contributed by atoms with Crippen molar-refractivity contribution in [2.24, 2.45) is 0 Å². The van der Waals surface area contributed by atoms with Crippen LogP contribution in [-0.2, 0) is 11.8 Å². The molecule has 1 amide bonds. The van der Waals surface area contributed by atoms with Gasteiger partial charge in [0, 0.05) is 48.4 Å². The molecule has 0 fully saturated rings. The average Bonchev–Trinajstić information content (AvgIpc) is 2.74. The number of hydrogen-bond donors (Lipinski definition) is 0. The van der Waals surface area contributed by atoms with Crippen LogP contribution in [0.3, 0.4) is 0 Å². The molecule has 3 aromatic rings. The lowest BCUT2D eigenvalue weighted by Crippen LogP contribution is -2.33. The van der Waals surface area contributed by atoms with E-state index < -0.39 is 0 Å². The molecule has 0 saturated carbocycles. The van der Waals surface area contributed by atoms with E-state index in [-0.39, 0.29) is 11.3 Å². The average molecular weight is 390 g/mol. The molecule has 0 bridgehead atoms. The summed E-state index contributed by atoms with van der Waals surface area (Å²) >= 11 is 0. The first-order valence-corrected chi connectivity index (χ1v) is 9.57. The van der Waals surface area contributed by atoms with Gasteiger partial charge in [-0.3, -0.25) is 9.78 Å². The Bertz CT molecular complexity index is 933. The first-order chi connectivity index (χ1) is 13.9. The number of nitrogens with zero attached hydrogens (tertiary/aromatic N) is 4. The first-order valence-electron chi connectivity index (χ1n) is 9.57. The van der Waals surface area contributed by atoms with Crippen LogP contribution in [0.25, 0.3) is 0 Å². The van der Waals surface area contributed by atoms with Gasteiger partial charge in [0.1, 0.15) is 11.6 Å². The maximum Gasteiger partial charge on any atom is 0.261 e. The highest BCUT2D eigenvalue weighted by Gasteiger charge is 2.21. The number of carbonyl (C=O) groups excluding carboxylic acids is 1. The predicted molar refractivity (Wildman–Crippen MR) is 113 cm³/mol. The summed E-state index contributed by atoms with van der Waals surface area (Å²) in [5.74, 6) is 1.30. The molecular weight excluding hydrogens is 364 g/mol. The summed E-state index contributed by atoms with van der Waals surface area (Å²) in [5, 5.41) is 0. The summed E-state index contributed by atoms with van der Waals surface area (Å²) in [5.41, 5.74) is 2.00. The third-order valence-electron chi connectivity index (χ3n) is 4.52. The molecule has 0 spiro atoms. The Balaban J connectivity index is 1.87. The molecule has 0 aliphatic heterocycles. The quantitative estimate of drug-likeness (QED) is 0.635. The standard InChI is InChI=1S/C23H26N4O2/c1-23(2,3)22-25-15-17(16-26-22)21(28)27(14-12-18-7-5-6-13-24-18)19-8-10-20(29-4)11-9-19/h5-11,13,15-16H,12,14H2,1-4H3. The van der Waals surface area contributed by atoms with Crippen molar-refractivity contribution in [3.63, 3.8) is 0 Å². The van der Waals surface area contributed by atoms with Gasteiger partial charge in [0.25, 0.3) is 5.91 Å². The Morgan fingerprint density at radius 3 is 2.24 bits per heavy atom. The van der Waals surface area contributed by atoms with Gasteiger partial charge >= 0.3 is 0 Å². The molecule has 150 valence electrons. The number of carbonyl (C=O) groups is 1. The molecule has 0 unspecified atom stereocenters. The number of ether oxygens (including phenoxy) is 1. The second-order valence-electron chi connectivity index (χ2n) is 7.77. The van der Waals surface area contributed by atoms with Gasteiger partial charge in [-0.15, -0.1) is 0 Å². The van der Waals surface area contributed by atoms with Crippen LogP contribution >= 0.6 is 0 Å². The smallest absolute Gasteiger partial charge is 0.261 e. The molecule has 1 aromatic carbocycles. The van der Waals surface area contributed by atoms with Crippen LogP contribution in [0, 0.1) is 0 Å². The molecular formula is C23H26N4O2. The molecule has 2 heterocycles. The maximum atomic E-state index is 13.3. The Hall–Kier alpha value is -3.28.